The molecule has 110 valence electrons. The van der Waals surface area contributed by atoms with E-state index in [1.165, 1.54) is 12.1 Å². The number of aromatic nitrogens is 1. The Bertz CT molecular complexity index is 658. The second-order valence-corrected chi connectivity index (χ2v) is 5.16. The highest BCUT2D eigenvalue weighted by atomic mass is 35.5. The van der Waals surface area contributed by atoms with Crippen molar-refractivity contribution in [2.24, 2.45) is 0 Å². The third-order valence-corrected chi connectivity index (χ3v) is 3.47. The fraction of sp³-hybridized carbons (Fsp3) is 0.250. The topological polar surface area (TPSA) is 53.4 Å². The van der Waals surface area contributed by atoms with Crippen molar-refractivity contribution in [3.8, 4) is 5.75 Å². The van der Waals surface area contributed by atoms with E-state index in [1.54, 1.807) is 11.0 Å². The Balaban J connectivity index is 2.20. The first kappa shape index (κ1) is 15.3. The molecule has 0 radical (unpaired) electrons. The van der Waals surface area contributed by atoms with Crippen LogP contribution in [0.15, 0.2) is 36.4 Å². The predicted octanol–water partition coefficient (Wildman–Crippen LogP) is 3.41. The maximum Gasteiger partial charge on any atom is 0.254 e. The first-order valence-electron chi connectivity index (χ1n) is 6.71. The molecule has 5 heteroatoms. The van der Waals surface area contributed by atoms with E-state index in [-0.39, 0.29) is 16.7 Å². The number of nitrogens with zero attached hydrogens (tertiary/aromatic N) is 2. The molecule has 4 nitrogen and oxygen atoms in total. The minimum atomic E-state index is -0.136. The average molecular weight is 305 g/mol. The SMILES string of the molecule is CCN(Cc1cccc(C)n1)C(=O)c1ccc(O)c(Cl)c1. The van der Waals surface area contributed by atoms with Gasteiger partial charge in [-0.05, 0) is 44.2 Å². The summed E-state index contributed by atoms with van der Waals surface area (Å²) in [6.07, 6.45) is 0. The Hall–Kier alpha value is -2.07. The van der Waals surface area contributed by atoms with Crippen molar-refractivity contribution < 1.29 is 9.90 Å². The summed E-state index contributed by atoms with van der Waals surface area (Å²) in [6.45, 7) is 4.83. The van der Waals surface area contributed by atoms with Crippen LogP contribution in [0.25, 0.3) is 0 Å². The number of pyridine rings is 1. The normalized spacial score (nSPS) is 10.4. The monoisotopic (exact) mass is 304 g/mol. The first-order valence-corrected chi connectivity index (χ1v) is 7.09. The number of hydrogen-bond acceptors (Lipinski definition) is 3. The van der Waals surface area contributed by atoms with Gasteiger partial charge in [0.1, 0.15) is 5.75 Å². The van der Waals surface area contributed by atoms with Crippen LogP contribution in [-0.4, -0.2) is 27.4 Å². The highest BCUT2D eigenvalue weighted by molar-refractivity contribution is 6.32. The zero-order chi connectivity index (χ0) is 15.4. The van der Waals surface area contributed by atoms with E-state index in [2.05, 4.69) is 4.98 Å². The number of benzene rings is 1. The lowest BCUT2D eigenvalue weighted by molar-refractivity contribution is 0.0750. The van der Waals surface area contributed by atoms with Gasteiger partial charge in [-0.3, -0.25) is 9.78 Å². The second-order valence-electron chi connectivity index (χ2n) is 4.76. The fourth-order valence-corrected chi connectivity index (χ4v) is 2.21. The second kappa shape index (κ2) is 6.59. The number of halogens is 1. The summed E-state index contributed by atoms with van der Waals surface area (Å²) in [5.74, 6) is -0.167. The molecule has 0 aliphatic heterocycles. The van der Waals surface area contributed by atoms with E-state index >= 15 is 0 Å². The Morgan fingerprint density at radius 1 is 1.33 bits per heavy atom. The van der Waals surface area contributed by atoms with Gasteiger partial charge in [0.05, 0.1) is 17.3 Å². The van der Waals surface area contributed by atoms with Crippen molar-refractivity contribution in [1.82, 2.24) is 9.88 Å². The molecule has 0 spiro atoms. The van der Waals surface area contributed by atoms with Crippen molar-refractivity contribution in [2.75, 3.05) is 6.54 Å². The van der Waals surface area contributed by atoms with Crippen LogP contribution in [0.3, 0.4) is 0 Å². The van der Waals surface area contributed by atoms with Gasteiger partial charge in [-0.1, -0.05) is 17.7 Å². The molecular formula is C16H17ClN2O2. The standard InChI is InChI=1S/C16H17ClN2O2/c1-3-19(10-13-6-4-5-11(2)18-13)16(21)12-7-8-15(20)14(17)9-12/h4-9,20H,3,10H2,1-2H3. The third-order valence-electron chi connectivity index (χ3n) is 3.16. The molecule has 0 unspecified atom stereocenters. The van der Waals surface area contributed by atoms with Gasteiger partial charge >= 0.3 is 0 Å². The van der Waals surface area contributed by atoms with Crippen LogP contribution in [-0.2, 0) is 6.54 Å². The number of phenols is 1. The number of amides is 1. The Labute approximate surface area is 129 Å². The van der Waals surface area contributed by atoms with Crippen molar-refractivity contribution in [1.29, 1.82) is 0 Å². The lowest BCUT2D eigenvalue weighted by atomic mass is 10.2. The molecule has 1 N–H and O–H groups in total. The maximum absolute atomic E-state index is 12.5. The molecule has 21 heavy (non-hydrogen) atoms. The van der Waals surface area contributed by atoms with Gasteiger partial charge in [0.2, 0.25) is 0 Å². The van der Waals surface area contributed by atoms with Crippen LogP contribution in [0.5, 0.6) is 5.75 Å². The van der Waals surface area contributed by atoms with Gasteiger partial charge in [0.15, 0.2) is 0 Å². The highest BCUT2D eigenvalue weighted by Crippen LogP contribution is 2.24. The Kier molecular flexibility index (Phi) is 4.81. The number of carbonyl (C=O) groups is 1. The van der Waals surface area contributed by atoms with E-state index < -0.39 is 0 Å². The molecule has 1 heterocycles. The minimum absolute atomic E-state index is 0.0309. The number of aromatic hydroxyl groups is 1. The molecule has 1 aromatic heterocycles. The molecule has 0 saturated heterocycles. The summed E-state index contributed by atoms with van der Waals surface area (Å²) in [5.41, 5.74) is 2.21. The van der Waals surface area contributed by atoms with Crippen molar-refractivity contribution in [3.05, 3.63) is 58.4 Å². The van der Waals surface area contributed by atoms with Crippen LogP contribution in [0.2, 0.25) is 5.02 Å². The summed E-state index contributed by atoms with van der Waals surface area (Å²) in [6, 6.07) is 10.2. The van der Waals surface area contributed by atoms with Crippen molar-refractivity contribution in [3.63, 3.8) is 0 Å². The van der Waals surface area contributed by atoms with Crippen LogP contribution in [0, 0.1) is 6.92 Å². The molecule has 1 amide bonds. The molecule has 0 saturated carbocycles. The number of aryl methyl sites for hydroxylation is 1. The summed E-state index contributed by atoms with van der Waals surface area (Å²) in [4.78, 5) is 18.6. The summed E-state index contributed by atoms with van der Waals surface area (Å²) >= 11 is 5.85. The van der Waals surface area contributed by atoms with Gasteiger partial charge in [-0.2, -0.15) is 0 Å². The quantitative estimate of drug-likeness (QED) is 0.941. The minimum Gasteiger partial charge on any atom is -0.506 e. The lowest BCUT2D eigenvalue weighted by Crippen LogP contribution is -2.30. The average Bonchev–Trinajstić information content (AvgIpc) is 2.47. The van der Waals surface area contributed by atoms with E-state index in [9.17, 15) is 9.90 Å². The third kappa shape index (κ3) is 3.73. The van der Waals surface area contributed by atoms with Gasteiger partial charge in [0.25, 0.3) is 5.91 Å². The molecule has 2 aromatic rings. The van der Waals surface area contributed by atoms with Gasteiger partial charge < -0.3 is 10.0 Å². The molecule has 1 aromatic carbocycles. The molecule has 0 bridgehead atoms. The number of carbonyl (C=O) groups excluding carboxylic acids is 1. The molecule has 0 fully saturated rings. The number of phenolic OH excluding ortho intramolecular Hbond substituents is 1. The zero-order valence-electron chi connectivity index (χ0n) is 12.0. The lowest BCUT2D eigenvalue weighted by Gasteiger charge is -2.21. The van der Waals surface area contributed by atoms with Crippen LogP contribution in [0.1, 0.15) is 28.7 Å². The molecular weight excluding hydrogens is 288 g/mol. The van der Waals surface area contributed by atoms with E-state index in [4.69, 9.17) is 11.6 Å². The fourth-order valence-electron chi connectivity index (χ4n) is 2.03. The number of rotatable bonds is 4. The summed E-state index contributed by atoms with van der Waals surface area (Å²) in [5, 5.41) is 9.59. The Morgan fingerprint density at radius 2 is 2.10 bits per heavy atom. The number of hydrogen-bond donors (Lipinski definition) is 1. The largest absolute Gasteiger partial charge is 0.506 e. The van der Waals surface area contributed by atoms with Gasteiger partial charge in [-0.15, -0.1) is 0 Å². The molecule has 0 aliphatic carbocycles. The van der Waals surface area contributed by atoms with Crippen molar-refractivity contribution in [2.45, 2.75) is 20.4 Å². The van der Waals surface area contributed by atoms with E-state index in [1.807, 2.05) is 32.0 Å². The van der Waals surface area contributed by atoms with Crippen LogP contribution in [0.4, 0.5) is 0 Å². The van der Waals surface area contributed by atoms with Crippen molar-refractivity contribution >= 4 is 17.5 Å². The summed E-state index contributed by atoms with van der Waals surface area (Å²) in [7, 11) is 0. The first-order chi connectivity index (χ1) is 10.0. The predicted molar refractivity (Wildman–Crippen MR) is 82.5 cm³/mol. The van der Waals surface area contributed by atoms with Gasteiger partial charge in [-0.25, -0.2) is 0 Å². The molecule has 0 aliphatic rings. The molecule has 0 atom stereocenters. The van der Waals surface area contributed by atoms with E-state index in [0.717, 1.165) is 11.4 Å². The van der Waals surface area contributed by atoms with Gasteiger partial charge in [0, 0.05) is 17.8 Å². The Morgan fingerprint density at radius 3 is 2.71 bits per heavy atom. The maximum atomic E-state index is 12.5. The van der Waals surface area contributed by atoms with Crippen LogP contribution >= 0.6 is 11.6 Å². The van der Waals surface area contributed by atoms with E-state index in [0.29, 0.717) is 18.7 Å². The summed E-state index contributed by atoms with van der Waals surface area (Å²) < 4.78 is 0. The molecule has 2 rings (SSSR count). The highest BCUT2D eigenvalue weighted by Gasteiger charge is 2.16. The van der Waals surface area contributed by atoms with Crippen LogP contribution < -0.4 is 0 Å². The zero-order valence-corrected chi connectivity index (χ0v) is 12.8. The smallest absolute Gasteiger partial charge is 0.254 e.